The molecule has 22 heavy (non-hydrogen) atoms. The maximum Gasteiger partial charge on any atom is 0.317 e. The number of morpholine rings is 1. The minimum Gasteiger partial charge on any atom is -0.375 e. The molecule has 1 saturated heterocycles. The minimum absolute atomic E-state index is 0.0230. The highest BCUT2D eigenvalue weighted by molar-refractivity contribution is 5.74. The molecule has 122 valence electrons. The third kappa shape index (κ3) is 3.96. The van der Waals surface area contributed by atoms with Crippen molar-refractivity contribution in [1.82, 2.24) is 10.2 Å². The molecule has 3 atom stereocenters. The molecule has 1 fully saturated rings. The maximum atomic E-state index is 13.0. The van der Waals surface area contributed by atoms with Crippen LogP contribution >= 0.6 is 0 Å². The highest BCUT2D eigenvalue weighted by Crippen LogP contribution is 2.17. The number of ether oxygens (including phenoxy) is 2. The number of hydrogen-bond acceptors (Lipinski definition) is 3. The molecule has 0 saturated carbocycles. The van der Waals surface area contributed by atoms with Crippen molar-refractivity contribution >= 4 is 6.03 Å². The average Bonchev–Trinajstić information content (AvgIpc) is 2.52. The fraction of sp³-hybridized carbons (Fsp3) is 0.562. The summed E-state index contributed by atoms with van der Waals surface area (Å²) in [6.07, 6.45) is -0.284. The van der Waals surface area contributed by atoms with Gasteiger partial charge >= 0.3 is 6.03 Å². The van der Waals surface area contributed by atoms with E-state index in [-0.39, 0.29) is 30.1 Å². The van der Waals surface area contributed by atoms with E-state index in [1.807, 2.05) is 13.8 Å². The predicted octanol–water partition coefficient (Wildman–Crippen LogP) is 2.33. The fourth-order valence-electron chi connectivity index (χ4n) is 2.52. The van der Waals surface area contributed by atoms with Crippen molar-refractivity contribution in [3.8, 4) is 0 Å². The first kappa shape index (κ1) is 16.7. The Morgan fingerprint density at radius 1 is 1.45 bits per heavy atom. The van der Waals surface area contributed by atoms with Crippen LogP contribution in [0.1, 0.15) is 25.5 Å². The van der Waals surface area contributed by atoms with E-state index >= 15 is 0 Å². The van der Waals surface area contributed by atoms with Crippen LogP contribution in [0.2, 0.25) is 0 Å². The summed E-state index contributed by atoms with van der Waals surface area (Å²) in [5, 5.41) is 2.88. The van der Waals surface area contributed by atoms with Crippen LogP contribution in [0.3, 0.4) is 0 Å². The van der Waals surface area contributed by atoms with Crippen molar-refractivity contribution in [3.63, 3.8) is 0 Å². The van der Waals surface area contributed by atoms with Gasteiger partial charge in [0, 0.05) is 20.2 Å². The van der Waals surface area contributed by atoms with Gasteiger partial charge in [-0.15, -0.1) is 0 Å². The molecule has 0 radical (unpaired) electrons. The quantitative estimate of drug-likeness (QED) is 0.928. The topological polar surface area (TPSA) is 50.8 Å². The number of nitrogens with one attached hydrogen (secondary N) is 1. The van der Waals surface area contributed by atoms with Crippen LogP contribution in [-0.2, 0) is 9.47 Å². The number of benzene rings is 1. The first-order chi connectivity index (χ1) is 10.5. The van der Waals surface area contributed by atoms with Gasteiger partial charge in [-0.3, -0.25) is 0 Å². The van der Waals surface area contributed by atoms with E-state index in [9.17, 15) is 9.18 Å². The molecule has 0 aliphatic carbocycles. The Labute approximate surface area is 130 Å². The van der Waals surface area contributed by atoms with E-state index < -0.39 is 0 Å². The van der Waals surface area contributed by atoms with Crippen molar-refractivity contribution in [3.05, 3.63) is 35.6 Å². The Bertz CT molecular complexity index is 495. The average molecular weight is 310 g/mol. The smallest absolute Gasteiger partial charge is 0.317 e. The van der Waals surface area contributed by atoms with Gasteiger partial charge in [-0.2, -0.15) is 0 Å². The van der Waals surface area contributed by atoms with E-state index in [0.29, 0.717) is 19.7 Å². The number of amides is 2. The number of hydrogen-bond donors (Lipinski definition) is 1. The first-order valence-corrected chi connectivity index (χ1v) is 7.47. The van der Waals surface area contributed by atoms with Crippen molar-refractivity contribution in [2.45, 2.75) is 32.1 Å². The third-order valence-corrected chi connectivity index (χ3v) is 4.11. The number of halogens is 1. The van der Waals surface area contributed by atoms with Gasteiger partial charge < -0.3 is 19.7 Å². The third-order valence-electron chi connectivity index (χ3n) is 4.11. The summed E-state index contributed by atoms with van der Waals surface area (Å²) in [7, 11) is 1.57. The molecule has 1 aromatic carbocycles. The predicted molar refractivity (Wildman–Crippen MR) is 81.1 cm³/mol. The summed E-state index contributed by atoms with van der Waals surface area (Å²) in [4.78, 5) is 14.1. The molecule has 2 rings (SSSR count). The lowest BCUT2D eigenvalue weighted by atomic mass is 10.1. The van der Waals surface area contributed by atoms with E-state index in [1.165, 1.54) is 12.1 Å². The molecule has 2 amide bonds. The highest BCUT2D eigenvalue weighted by atomic mass is 19.1. The fourth-order valence-corrected chi connectivity index (χ4v) is 2.52. The Kier molecular flexibility index (Phi) is 5.74. The Hall–Kier alpha value is -1.66. The molecular weight excluding hydrogens is 287 g/mol. The van der Waals surface area contributed by atoms with Crippen LogP contribution in [0.25, 0.3) is 0 Å². The molecule has 0 spiro atoms. The first-order valence-electron chi connectivity index (χ1n) is 7.47. The van der Waals surface area contributed by atoms with Crippen LogP contribution in [0.5, 0.6) is 0 Å². The summed E-state index contributed by atoms with van der Waals surface area (Å²) in [5.74, 6) is -0.293. The van der Waals surface area contributed by atoms with Crippen LogP contribution in [0, 0.1) is 5.82 Å². The van der Waals surface area contributed by atoms with Crippen LogP contribution in [0.4, 0.5) is 9.18 Å². The molecule has 0 unspecified atom stereocenters. The zero-order valence-corrected chi connectivity index (χ0v) is 13.2. The molecule has 1 aliphatic heterocycles. The molecule has 1 heterocycles. The second-order valence-electron chi connectivity index (χ2n) is 5.47. The van der Waals surface area contributed by atoms with Gasteiger partial charge in [0.2, 0.25) is 0 Å². The Morgan fingerprint density at radius 2 is 2.14 bits per heavy atom. The molecule has 1 aromatic rings. The lowest BCUT2D eigenvalue weighted by Gasteiger charge is -2.37. The largest absolute Gasteiger partial charge is 0.375 e. The number of nitrogens with zero attached hydrogens (tertiary/aromatic N) is 1. The molecule has 1 N–H and O–H groups in total. The van der Waals surface area contributed by atoms with Gasteiger partial charge in [-0.25, -0.2) is 9.18 Å². The normalized spacial score (nSPS) is 23.2. The second kappa shape index (κ2) is 7.56. The van der Waals surface area contributed by atoms with E-state index in [1.54, 1.807) is 24.1 Å². The van der Waals surface area contributed by atoms with E-state index in [0.717, 1.165) is 5.56 Å². The summed E-state index contributed by atoms with van der Waals surface area (Å²) < 4.78 is 23.9. The Balaban J connectivity index is 1.92. The lowest BCUT2D eigenvalue weighted by Crippen LogP contribution is -2.54. The lowest BCUT2D eigenvalue weighted by molar-refractivity contribution is -0.0380. The number of urea groups is 1. The van der Waals surface area contributed by atoms with Crippen molar-refractivity contribution in [1.29, 1.82) is 0 Å². The standard InChI is InChI=1S/C16H23FN2O3/c1-11-12(2)22-9-8-19(11)16(20)18-10-15(21-3)13-4-6-14(17)7-5-13/h4-7,11-12,15H,8-10H2,1-3H3,(H,18,20)/t11-,12-,15-/m1/s1. The van der Waals surface area contributed by atoms with E-state index in [4.69, 9.17) is 9.47 Å². The maximum absolute atomic E-state index is 13.0. The molecule has 0 aromatic heterocycles. The molecule has 1 aliphatic rings. The molecule has 0 bridgehead atoms. The summed E-state index contributed by atoms with van der Waals surface area (Å²) >= 11 is 0. The van der Waals surface area contributed by atoms with Crippen molar-refractivity contribution in [2.24, 2.45) is 0 Å². The Morgan fingerprint density at radius 3 is 2.77 bits per heavy atom. The number of carbonyl (C=O) groups excluding carboxylic acids is 1. The second-order valence-corrected chi connectivity index (χ2v) is 5.47. The van der Waals surface area contributed by atoms with Crippen molar-refractivity contribution < 1.29 is 18.7 Å². The number of carbonyl (C=O) groups is 1. The molecular formula is C16H23FN2O3. The summed E-state index contributed by atoms with van der Waals surface area (Å²) in [5.41, 5.74) is 0.826. The van der Waals surface area contributed by atoms with Gasteiger partial charge in [0.15, 0.2) is 0 Å². The number of methoxy groups -OCH3 is 1. The SMILES string of the molecule is CO[C@H](CNC(=O)N1CCO[C@H](C)[C@H]1C)c1ccc(F)cc1. The van der Waals surface area contributed by atoms with Gasteiger partial charge in [-0.05, 0) is 31.5 Å². The summed E-state index contributed by atoms with van der Waals surface area (Å²) in [6, 6.07) is 5.99. The minimum atomic E-state index is -0.307. The zero-order valence-electron chi connectivity index (χ0n) is 13.2. The van der Waals surface area contributed by atoms with Gasteiger partial charge in [0.25, 0.3) is 0 Å². The monoisotopic (exact) mass is 310 g/mol. The van der Waals surface area contributed by atoms with Crippen LogP contribution in [0.15, 0.2) is 24.3 Å². The van der Waals surface area contributed by atoms with Crippen LogP contribution in [-0.4, -0.2) is 49.9 Å². The van der Waals surface area contributed by atoms with Crippen LogP contribution < -0.4 is 5.32 Å². The highest BCUT2D eigenvalue weighted by Gasteiger charge is 2.29. The van der Waals surface area contributed by atoms with Gasteiger partial charge in [0.05, 0.1) is 24.9 Å². The molecule has 6 heteroatoms. The van der Waals surface area contributed by atoms with E-state index in [2.05, 4.69) is 5.32 Å². The zero-order chi connectivity index (χ0) is 16.1. The molecule has 5 nitrogen and oxygen atoms in total. The van der Waals surface area contributed by atoms with Crippen molar-refractivity contribution in [2.75, 3.05) is 26.8 Å². The summed E-state index contributed by atoms with van der Waals surface area (Å²) in [6.45, 7) is 5.38. The van der Waals surface area contributed by atoms with Gasteiger partial charge in [-0.1, -0.05) is 12.1 Å². The van der Waals surface area contributed by atoms with Gasteiger partial charge in [0.1, 0.15) is 5.82 Å². The number of rotatable bonds is 4.